The van der Waals surface area contributed by atoms with E-state index in [4.69, 9.17) is 0 Å². The van der Waals surface area contributed by atoms with E-state index in [2.05, 4.69) is 81.5 Å². The number of aryl methyl sites for hydroxylation is 1. The summed E-state index contributed by atoms with van der Waals surface area (Å²) in [4.78, 5) is 0. The van der Waals surface area contributed by atoms with Crippen LogP contribution in [0, 0.1) is 12.8 Å². The molecule has 0 radical (unpaired) electrons. The van der Waals surface area contributed by atoms with Crippen molar-refractivity contribution in [2.75, 3.05) is 6.54 Å². The van der Waals surface area contributed by atoms with E-state index in [0.29, 0.717) is 5.92 Å². The van der Waals surface area contributed by atoms with Gasteiger partial charge in [0.2, 0.25) is 0 Å². The predicted octanol–water partition coefficient (Wildman–Crippen LogP) is 4.89. The number of rotatable bonds is 6. The Bertz CT molecular complexity index is 554. The third-order valence-corrected chi connectivity index (χ3v) is 3.86. The average molecular weight is 281 g/mol. The maximum absolute atomic E-state index is 3.62. The lowest BCUT2D eigenvalue weighted by atomic mass is 9.93. The molecule has 0 saturated heterocycles. The molecule has 0 spiro atoms. The normalized spacial score (nSPS) is 12.6. The second kappa shape index (κ2) is 7.42. The molecule has 0 amide bonds. The average Bonchev–Trinajstić information content (AvgIpc) is 2.46. The van der Waals surface area contributed by atoms with Gasteiger partial charge in [0.05, 0.1) is 6.04 Å². The molecule has 0 saturated carbocycles. The summed E-state index contributed by atoms with van der Waals surface area (Å²) in [5.41, 5.74) is 5.48. The Kier molecular flexibility index (Phi) is 5.58. The van der Waals surface area contributed by atoms with Gasteiger partial charge in [-0.1, -0.05) is 69.3 Å². The largest absolute Gasteiger partial charge is 0.307 e. The minimum absolute atomic E-state index is 0.282. The van der Waals surface area contributed by atoms with E-state index in [-0.39, 0.29) is 6.04 Å². The van der Waals surface area contributed by atoms with Crippen LogP contribution in [0.3, 0.4) is 0 Å². The van der Waals surface area contributed by atoms with Crippen molar-refractivity contribution in [3.8, 4) is 0 Å². The van der Waals surface area contributed by atoms with Crippen LogP contribution in [0.2, 0.25) is 0 Å². The highest BCUT2D eigenvalue weighted by Gasteiger charge is 2.14. The van der Waals surface area contributed by atoms with Crippen LogP contribution in [0.4, 0.5) is 0 Å². The fraction of sp³-hybridized carbons (Fsp3) is 0.400. The van der Waals surface area contributed by atoms with Gasteiger partial charge in [0.15, 0.2) is 0 Å². The predicted molar refractivity (Wildman–Crippen MR) is 91.7 cm³/mol. The van der Waals surface area contributed by atoms with Gasteiger partial charge >= 0.3 is 0 Å². The molecule has 1 atom stereocenters. The molecule has 0 aliphatic carbocycles. The summed E-state index contributed by atoms with van der Waals surface area (Å²) < 4.78 is 0. The minimum Gasteiger partial charge on any atom is -0.307 e. The van der Waals surface area contributed by atoms with Crippen LogP contribution < -0.4 is 5.32 Å². The van der Waals surface area contributed by atoms with Crippen LogP contribution in [0.15, 0.2) is 48.5 Å². The van der Waals surface area contributed by atoms with Crippen molar-refractivity contribution in [2.24, 2.45) is 5.92 Å². The third-order valence-electron chi connectivity index (χ3n) is 3.86. The van der Waals surface area contributed by atoms with Crippen LogP contribution >= 0.6 is 0 Å². The van der Waals surface area contributed by atoms with Gasteiger partial charge in [0.1, 0.15) is 0 Å². The molecule has 0 fully saturated rings. The Morgan fingerprint density at radius 3 is 2.19 bits per heavy atom. The Morgan fingerprint density at radius 2 is 1.62 bits per heavy atom. The van der Waals surface area contributed by atoms with Crippen LogP contribution in [-0.2, 0) is 6.42 Å². The van der Waals surface area contributed by atoms with E-state index < -0.39 is 0 Å². The quantitative estimate of drug-likeness (QED) is 0.794. The maximum Gasteiger partial charge on any atom is 0.0579 e. The van der Waals surface area contributed by atoms with E-state index in [1.807, 2.05) is 0 Å². The number of hydrogen-bond acceptors (Lipinski definition) is 1. The lowest BCUT2D eigenvalue weighted by Gasteiger charge is -2.21. The summed E-state index contributed by atoms with van der Waals surface area (Å²) in [7, 11) is 0. The first-order chi connectivity index (χ1) is 10.1. The van der Waals surface area contributed by atoms with Crippen molar-refractivity contribution in [3.63, 3.8) is 0 Å². The molecule has 1 nitrogen and oxygen atoms in total. The van der Waals surface area contributed by atoms with Gasteiger partial charge in [0, 0.05) is 0 Å². The maximum atomic E-state index is 3.62. The zero-order valence-corrected chi connectivity index (χ0v) is 13.7. The molecule has 112 valence electrons. The molecule has 0 heterocycles. The molecule has 0 aliphatic rings. The molecular weight excluding hydrogens is 254 g/mol. The molecule has 21 heavy (non-hydrogen) atoms. The fourth-order valence-corrected chi connectivity index (χ4v) is 2.84. The van der Waals surface area contributed by atoms with Gasteiger partial charge in [-0.3, -0.25) is 0 Å². The third kappa shape index (κ3) is 4.18. The molecule has 1 unspecified atom stereocenters. The van der Waals surface area contributed by atoms with E-state index in [9.17, 15) is 0 Å². The van der Waals surface area contributed by atoms with Gasteiger partial charge in [-0.25, -0.2) is 0 Å². The number of benzene rings is 2. The Hall–Kier alpha value is -1.60. The van der Waals surface area contributed by atoms with Crippen LogP contribution in [0.5, 0.6) is 0 Å². The summed E-state index contributed by atoms with van der Waals surface area (Å²) in [6, 6.07) is 18.0. The topological polar surface area (TPSA) is 12.0 Å². The smallest absolute Gasteiger partial charge is 0.0579 e. The van der Waals surface area contributed by atoms with Gasteiger partial charge in [-0.05, 0) is 48.1 Å². The molecule has 2 rings (SSSR count). The van der Waals surface area contributed by atoms with Gasteiger partial charge in [-0.2, -0.15) is 0 Å². The van der Waals surface area contributed by atoms with Crippen molar-refractivity contribution in [3.05, 3.63) is 70.8 Å². The molecule has 0 aliphatic heterocycles. The van der Waals surface area contributed by atoms with Crippen molar-refractivity contribution >= 4 is 0 Å². The summed E-state index contributed by atoms with van der Waals surface area (Å²) >= 11 is 0. The zero-order chi connectivity index (χ0) is 15.2. The van der Waals surface area contributed by atoms with E-state index in [1.54, 1.807) is 0 Å². The molecule has 2 aromatic rings. The number of nitrogens with one attached hydrogen (secondary N) is 1. The van der Waals surface area contributed by atoms with Crippen molar-refractivity contribution in [1.82, 2.24) is 5.32 Å². The first-order valence-electron chi connectivity index (χ1n) is 7.99. The minimum atomic E-state index is 0.282. The summed E-state index contributed by atoms with van der Waals surface area (Å²) in [6.07, 6.45) is 1.15. The van der Waals surface area contributed by atoms with Crippen LogP contribution in [-0.4, -0.2) is 6.54 Å². The van der Waals surface area contributed by atoms with Crippen LogP contribution in [0.1, 0.15) is 49.1 Å². The van der Waals surface area contributed by atoms with Crippen molar-refractivity contribution in [2.45, 2.75) is 40.2 Å². The van der Waals surface area contributed by atoms with E-state index in [0.717, 1.165) is 13.0 Å². The molecular formula is C20H27N. The highest BCUT2D eigenvalue weighted by molar-refractivity contribution is 5.37. The van der Waals surface area contributed by atoms with Crippen molar-refractivity contribution in [1.29, 1.82) is 0 Å². The lowest BCUT2D eigenvalue weighted by molar-refractivity contribution is 0.625. The van der Waals surface area contributed by atoms with Crippen molar-refractivity contribution < 1.29 is 0 Å². The highest BCUT2D eigenvalue weighted by Crippen LogP contribution is 2.25. The van der Waals surface area contributed by atoms with Gasteiger partial charge < -0.3 is 5.32 Å². The molecule has 0 aromatic heterocycles. The monoisotopic (exact) mass is 281 g/mol. The Morgan fingerprint density at radius 1 is 0.952 bits per heavy atom. The van der Waals surface area contributed by atoms with E-state index in [1.165, 1.54) is 22.3 Å². The summed E-state index contributed by atoms with van der Waals surface area (Å²) in [6.45, 7) is 9.85. The molecule has 1 N–H and O–H groups in total. The SMILES string of the molecule is CCNC(c1ccc(CC(C)C)cc1)c1ccccc1C. The molecule has 1 heteroatoms. The first-order valence-corrected chi connectivity index (χ1v) is 7.99. The van der Waals surface area contributed by atoms with Gasteiger partial charge in [0.25, 0.3) is 0 Å². The number of hydrogen-bond donors (Lipinski definition) is 1. The second-order valence-electron chi connectivity index (χ2n) is 6.19. The molecule has 2 aromatic carbocycles. The zero-order valence-electron chi connectivity index (χ0n) is 13.7. The fourth-order valence-electron chi connectivity index (χ4n) is 2.84. The lowest BCUT2D eigenvalue weighted by Crippen LogP contribution is -2.22. The Labute approximate surface area is 129 Å². The van der Waals surface area contributed by atoms with E-state index >= 15 is 0 Å². The second-order valence-corrected chi connectivity index (χ2v) is 6.19. The Balaban J connectivity index is 2.28. The van der Waals surface area contributed by atoms with Gasteiger partial charge in [-0.15, -0.1) is 0 Å². The summed E-state index contributed by atoms with van der Waals surface area (Å²) in [5, 5.41) is 3.62. The first kappa shape index (κ1) is 15.8. The standard InChI is InChI=1S/C20H27N/c1-5-21-20(19-9-7-6-8-16(19)4)18-12-10-17(11-13-18)14-15(2)3/h6-13,15,20-21H,5,14H2,1-4H3. The molecule has 0 bridgehead atoms. The highest BCUT2D eigenvalue weighted by atomic mass is 14.9. The van der Waals surface area contributed by atoms with Crippen LogP contribution in [0.25, 0.3) is 0 Å². The summed E-state index contributed by atoms with van der Waals surface area (Å²) in [5.74, 6) is 0.705.